The summed E-state index contributed by atoms with van der Waals surface area (Å²) in [5.41, 5.74) is 12.9. The van der Waals surface area contributed by atoms with Crippen molar-refractivity contribution >= 4 is 14.4 Å². The van der Waals surface area contributed by atoms with Crippen LogP contribution in [-0.4, -0.2) is 3.21 Å². The molecular formula is C53H54Cl2F6Zr. The average Bonchev–Trinajstić information content (AvgIpc) is 3.75. The second-order valence-corrected chi connectivity index (χ2v) is 25.9. The van der Waals surface area contributed by atoms with Crippen LogP contribution in [0.4, 0.5) is 26.3 Å². The van der Waals surface area contributed by atoms with Crippen molar-refractivity contribution < 1.29 is 72.4 Å². The predicted molar refractivity (Wildman–Crippen MR) is 232 cm³/mol. The number of fused-ring (bicyclic) bond motifs is 5. The first-order valence-corrected chi connectivity index (χ1v) is 25.0. The zero-order valence-electron chi connectivity index (χ0n) is 37.0. The van der Waals surface area contributed by atoms with Gasteiger partial charge in [-0.05, 0) is 0 Å². The second kappa shape index (κ2) is 16.6. The summed E-state index contributed by atoms with van der Waals surface area (Å²) in [6.07, 6.45) is 2.99. The van der Waals surface area contributed by atoms with Crippen molar-refractivity contribution in [3.63, 3.8) is 0 Å². The topological polar surface area (TPSA) is 0 Å². The van der Waals surface area contributed by atoms with E-state index < -0.39 is 44.7 Å². The van der Waals surface area contributed by atoms with Crippen LogP contribution in [0, 0.1) is 11.3 Å². The zero-order valence-corrected chi connectivity index (χ0v) is 41.0. The fraction of sp³-hybridized carbons (Fsp3) is 0.377. The Hall–Kier alpha value is -3.25. The van der Waals surface area contributed by atoms with Gasteiger partial charge in [0.2, 0.25) is 0 Å². The summed E-state index contributed by atoms with van der Waals surface area (Å²) in [7, 11) is 0. The van der Waals surface area contributed by atoms with E-state index in [1.807, 2.05) is 0 Å². The third-order valence-electron chi connectivity index (χ3n) is 13.7. The van der Waals surface area contributed by atoms with Crippen LogP contribution < -0.4 is 24.8 Å². The van der Waals surface area contributed by atoms with E-state index >= 15 is 0 Å². The molecule has 0 heterocycles. The van der Waals surface area contributed by atoms with Gasteiger partial charge in [0, 0.05) is 0 Å². The molecule has 4 aliphatic carbocycles. The molecule has 1 atom stereocenters. The Bertz CT molecular complexity index is 2440. The van der Waals surface area contributed by atoms with E-state index in [2.05, 4.69) is 118 Å². The first kappa shape index (κ1) is 48.2. The maximum Gasteiger partial charge on any atom is -1.00 e. The molecule has 0 aromatic heterocycles. The van der Waals surface area contributed by atoms with Crippen LogP contribution in [0.25, 0.3) is 22.3 Å². The first-order valence-electron chi connectivity index (χ1n) is 21.2. The van der Waals surface area contributed by atoms with Crippen LogP contribution in [0.3, 0.4) is 0 Å². The van der Waals surface area contributed by atoms with Crippen LogP contribution in [0.15, 0.2) is 106 Å². The standard InChI is InChI=1S/C27H29.C15H8F6.C11H17.2ClH.Zr/c1-16-7-9-26(3,4)24-12-18-11-19-13-25-21(17(2)8-10-27(25,5)6)15-23(19)22(18)14-20(16)24;16-14(17,18)12-5-1-10(2-6-12)9-11-3-7-13(8-4-11)15(19,20)21;1-5-9-6-7-10(8-9)11(2,3)4;;;/h7-8,11-15H,9-10H2,1-6H3;1-8H;7-9H,5H2,1-4H3;2*1H;/q;;;;;+2/p-2. The van der Waals surface area contributed by atoms with E-state index in [0.717, 1.165) is 46.7 Å². The summed E-state index contributed by atoms with van der Waals surface area (Å²) in [6, 6.07) is 20.5. The summed E-state index contributed by atoms with van der Waals surface area (Å²) < 4.78 is 87.1. The molecule has 4 aromatic carbocycles. The third-order valence-corrected chi connectivity index (χ3v) is 22.2. The van der Waals surface area contributed by atoms with Crippen molar-refractivity contribution in [1.29, 1.82) is 0 Å². The molecule has 4 aliphatic rings. The molecule has 0 aliphatic heterocycles. The summed E-state index contributed by atoms with van der Waals surface area (Å²) in [4.78, 5) is 0. The van der Waals surface area contributed by atoms with Gasteiger partial charge in [0.25, 0.3) is 0 Å². The SMILES string of the molecule is CCC1C=C(C(C)(C)C)C=[C]1[Zr+2](=[C](c1ccc(C(F)(F)F)cc1)c1ccc(C(F)(F)F)cc1)[CH]1c2cc3c(cc2-c2cc4c(cc21)C(C)(C)CC=C4C)C(C)=CCC3(C)C.[Cl-].[Cl-]. The molecule has 0 bridgehead atoms. The van der Waals surface area contributed by atoms with Crippen molar-refractivity contribution in [3.05, 3.63) is 162 Å². The Balaban J connectivity index is 0.00000321. The van der Waals surface area contributed by atoms with Crippen molar-refractivity contribution in [1.82, 2.24) is 0 Å². The van der Waals surface area contributed by atoms with Gasteiger partial charge in [-0.3, -0.25) is 0 Å². The molecule has 326 valence electrons. The number of hydrogen-bond donors (Lipinski definition) is 0. The predicted octanol–water partition coefficient (Wildman–Crippen LogP) is 9.75. The minimum Gasteiger partial charge on any atom is -1.00 e. The molecule has 8 rings (SSSR count). The van der Waals surface area contributed by atoms with E-state index in [1.165, 1.54) is 64.5 Å². The number of benzene rings is 4. The van der Waals surface area contributed by atoms with Gasteiger partial charge in [-0.15, -0.1) is 0 Å². The van der Waals surface area contributed by atoms with Crippen LogP contribution in [0.2, 0.25) is 0 Å². The molecule has 62 heavy (non-hydrogen) atoms. The maximum absolute atomic E-state index is 14.2. The summed E-state index contributed by atoms with van der Waals surface area (Å²) >= 11 is -3.69. The molecule has 0 N–H and O–H groups in total. The van der Waals surface area contributed by atoms with E-state index in [1.54, 1.807) is 24.3 Å². The van der Waals surface area contributed by atoms with Crippen LogP contribution in [-0.2, 0) is 44.4 Å². The minimum atomic E-state index is -4.54. The van der Waals surface area contributed by atoms with E-state index in [4.69, 9.17) is 0 Å². The zero-order chi connectivity index (χ0) is 43.5. The van der Waals surface area contributed by atoms with E-state index in [0.29, 0.717) is 11.1 Å². The summed E-state index contributed by atoms with van der Waals surface area (Å²) in [6.45, 7) is 22.4. The average molecular weight is 967 g/mol. The van der Waals surface area contributed by atoms with Crippen LogP contribution in [0.5, 0.6) is 0 Å². The first-order chi connectivity index (χ1) is 27.9. The maximum atomic E-state index is 14.2. The minimum absolute atomic E-state index is 0. The normalized spacial score (nSPS) is 18.6. The largest absolute Gasteiger partial charge is 1.00 e. The number of rotatable bonds is 5. The van der Waals surface area contributed by atoms with Gasteiger partial charge < -0.3 is 24.8 Å². The Morgan fingerprint density at radius 3 is 1.39 bits per heavy atom. The smallest absolute Gasteiger partial charge is 1.00 e. The Labute approximate surface area is 383 Å². The molecule has 0 amide bonds. The van der Waals surface area contributed by atoms with Crippen LogP contribution >= 0.6 is 0 Å². The van der Waals surface area contributed by atoms with Gasteiger partial charge in [0.05, 0.1) is 0 Å². The van der Waals surface area contributed by atoms with E-state index in [9.17, 15) is 26.3 Å². The third kappa shape index (κ3) is 8.42. The number of hydrogen-bond acceptors (Lipinski definition) is 0. The number of halogens is 8. The molecule has 0 saturated carbocycles. The molecule has 0 radical (unpaired) electrons. The van der Waals surface area contributed by atoms with Gasteiger partial charge in [-0.2, -0.15) is 0 Å². The molecule has 1 unspecified atom stereocenters. The van der Waals surface area contributed by atoms with Crippen molar-refractivity contribution in [3.8, 4) is 11.1 Å². The van der Waals surface area contributed by atoms with Crippen molar-refractivity contribution in [2.75, 3.05) is 0 Å². The Morgan fingerprint density at radius 1 is 0.629 bits per heavy atom. The number of allylic oxidation sites excluding steroid dienone is 8. The fourth-order valence-electron chi connectivity index (χ4n) is 9.98. The van der Waals surface area contributed by atoms with Gasteiger partial charge >= 0.3 is 361 Å². The molecule has 0 spiro atoms. The van der Waals surface area contributed by atoms with Gasteiger partial charge in [-0.1, -0.05) is 0 Å². The van der Waals surface area contributed by atoms with Gasteiger partial charge in [0.15, 0.2) is 0 Å². The van der Waals surface area contributed by atoms with Crippen LogP contribution in [0.1, 0.15) is 148 Å². The monoisotopic (exact) mass is 964 g/mol. The molecule has 9 heteroatoms. The molecule has 4 aromatic rings. The summed E-state index contributed by atoms with van der Waals surface area (Å²) in [5.74, 6) is 0.0820. The molecule has 0 nitrogen and oxygen atoms in total. The summed E-state index contributed by atoms with van der Waals surface area (Å²) in [5, 5.41) is 0. The van der Waals surface area contributed by atoms with Gasteiger partial charge in [-0.25, -0.2) is 0 Å². The van der Waals surface area contributed by atoms with Crippen molar-refractivity contribution in [2.24, 2.45) is 11.3 Å². The van der Waals surface area contributed by atoms with E-state index in [-0.39, 0.29) is 50.6 Å². The molecule has 0 fully saturated rings. The Kier molecular flexibility index (Phi) is 12.9. The second-order valence-electron chi connectivity index (χ2n) is 19.8. The molecular weight excluding hydrogens is 913 g/mol. The van der Waals surface area contributed by atoms with Gasteiger partial charge in [0.1, 0.15) is 0 Å². The Morgan fingerprint density at radius 2 is 1.03 bits per heavy atom. The fourth-order valence-corrected chi connectivity index (χ4v) is 19.7. The molecule has 0 saturated heterocycles. The van der Waals surface area contributed by atoms with Crippen molar-refractivity contribution in [2.45, 2.75) is 115 Å². The quantitative estimate of drug-likeness (QED) is 0.175. The number of alkyl halides is 6.